The molecule has 0 unspecified atom stereocenters. The van der Waals surface area contributed by atoms with Gasteiger partial charge in [0, 0.05) is 37.6 Å². The molecule has 8 nitrogen and oxygen atoms in total. The number of aromatic carboxylic acids is 1. The van der Waals surface area contributed by atoms with Crippen molar-refractivity contribution in [2.24, 2.45) is 5.92 Å². The Labute approximate surface area is 219 Å². The summed E-state index contributed by atoms with van der Waals surface area (Å²) in [6.45, 7) is 0.376. The van der Waals surface area contributed by atoms with Crippen LogP contribution in [0.25, 0.3) is 11.1 Å². The number of fused-ring (bicyclic) bond motifs is 1. The second-order valence-corrected chi connectivity index (χ2v) is 11.8. The minimum atomic E-state index is -3.98. The van der Waals surface area contributed by atoms with E-state index >= 15 is 0 Å². The number of hydrogen-bond acceptors (Lipinski definition) is 6. The number of rotatable bonds is 4. The highest BCUT2D eigenvalue weighted by molar-refractivity contribution is 7.89. The van der Waals surface area contributed by atoms with Gasteiger partial charge in [-0.25, -0.2) is 22.6 Å². The lowest BCUT2D eigenvalue weighted by atomic mass is 9.83. The summed E-state index contributed by atoms with van der Waals surface area (Å²) in [4.78, 5) is 22.0. The third-order valence-corrected chi connectivity index (χ3v) is 9.59. The van der Waals surface area contributed by atoms with Crippen molar-refractivity contribution in [3.8, 4) is 11.1 Å². The summed E-state index contributed by atoms with van der Waals surface area (Å²) in [5.41, 5.74) is 0.417. The van der Waals surface area contributed by atoms with E-state index in [1.807, 2.05) is 4.90 Å². The molecule has 0 bridgehead atoms. The Morgan fingerprint density at radius 3 is 2.57 bits per heavy atom. The summed E-state index contributed by atoms with van der Waals surface area (Å²) in [5.74, 6) is -1.64. The molecule has 11 heteroatoms. The van der Waals surface area contributed by atoms with E-state index in [4.69, 9.17) is 11.6 Å². The van der Waals surface area contributed by atoms with Crippen LogP contribution in [0.1, 0.15) is 42.5 Å². The smallest absolute Gasteiger partial charge is 0.338 e. The molecule has 194 valence electrons. The largest absolute Gasteiger partial charge is 0.478 e. The van der Waals surface area contributed by atoms with E-state index in [0.717, 1.165) is 44.2 Å². The number of carbonyl (C=O) groups is 1. The molecular formula is C26H26ClFN4O4S. The zero-order valence-corrected chi connectivity index (χ0v) is 21.7. The topological polar surface area (TPSA) is 104 Å². The maximum absolute atomic E-state index is 14.1. The first-order chi connectivity index (χ1) is 17.7. The highest BCUT2D eigenvalue weighted by atomic mass is 35.5. The molecule has 1 N–H and O–H groups in total. The molecule has 1 aliphatic heterocycles. The number of carboxylic acids is 1. The molecular weight excluding hydrogens is 519 g/mol. The van der Waals surface area contributed by atoms with E-state index in [1.165, 1.54) is 16.4 Å². The minimum Gasteiger partial charge on any atom is -0.478 e. The van der Waals surface area contributed by atoms with Crippen LogP contribution >= 0.6 is 11.6 Å². The number of sulfonamides is 1. The van der Waals surface area contributed by atoms with Crippen LogP contribution in [-0.2, 0) is 10.0 Å². The average Bonchev–Trinajstić information content (AvgIpc) is 2.97. The fourth-order valence-corrected chi connectivity index (χ4v) is 7.26. The van der Waals surface area contributed by atoms with Crippen molar-refractivity contribution < 1.29 is 22.7 Å². The van der Waals surface area contributed by atoms with Crippen molar-refractivity contribution in [1.29, 1.82) is 0 Å². The number of likely N-dealkylation sites (N-methyl/N-ethyl adjacent to an activating group) is 1. The van der Waals surface area contributed by atoms with Crippen LogP contribution in [0, 0.1) is 11.7 Å². The van der Waals surface area contributed by atoms with E-state index in [1.54, 1.807) is 31.7 Å². The van der Waals surface area contributed by atoms with Gasteiger partial charge in [-0.3, -0.25) is 4.98 Å². The van der Waals surface area contributed by atoms with Gasteiger partial charge < -0.3 is 10.0 Å². The van der Waals surface area contributed by atoms with Gasteiger partial charge in [-0.15, -0.1) is 0 Å². The van der Waals surface area contributed by atoms with E-state index in [0.29, 0.717) is 23.6 Å². The first-order valence-corrected chi connectivity index (χ1v) is 13.9. The Bertz CT molecular complexity index is 1450. The second kappa shape index (κ2) is 10.00. The average molecular weight is 545 g/mol. The normalized spacial score (nSPS) is 20.3. The molecule has 2 aromatic carbocycles. The summed E-state index contributed by atoms with van der Waals surface area (Å²) < 4.78 is 43.6. The summed E-state index contributed by atoms with van der Waals surface area (Å²) in [5, 5.41) is 9.57. The summed E-state index contributed by atoms with van der Waals surface area (Å²) >= 11 is 6.68. The van der Waals surface area contributed by atoms with Crippen molar-refractivity contribution in [2.45, 2.75) is 43.0 Å². The molecule has 1 aliphatic carbocycles. The van der Waals surface area contributed by atoms with Gasteiger partial charge in [0.2, 0.25) is 10.0 Å². The molecule has 1 fully saturated rings. The molecule has 2 heterocycles. The van der Waals surface area contributed by atoms with Gasteiger partial charge in [0.05, 0.1) is 22.5 Å². The molecule has 1 saturated carbocycles. The Hall–Kier alpha value is -3.08. The number of anilines is 2. The molecule has 1 atom stereocenters. The van der Waals surface area contributed by atoms with E-state index < -0.39 is 27.4 Å². The number of nitrogens with zero attached hydrogens (tertiary/aromatic N) is 4. The van der Waals surface area contributed by atoms with Crippen LogP contribution in [0.3, 0.4) is 0 Å². The number of hydrogen-bond donors (Lipinski definition) is 1. The van der Waals surface area contributed by atoms with Crippen molar-refractivity contribution in [3.63, 3.8) is 0 Å². The Balaban J connectivity index is 1.71. The number of aromatic nitrogens is 2. The Morgan fingerprint density at radius 2 is 1.89 bits per heavy atom. The van der Waals surface area contributed by atoms with E-state index in [2.05, 4.69) is 9.97 Å². The van der Waals surface area contributed by atoms with Crippen LogP contribution in [0.4, 0.5) is 15.9 Å². The van der Waals surface area contributed by atoms with Crippen LogP contribution in [-0.4, -0.2) is 53.4 Å². The van der Waals surface area contributed by atoms with Crippen molar-refractivity contribution in [3.05, 3.63) is 65.3 Å². The Kier molecular flexibility index (Phi) is 6.91. The quantitative estimate of drug-likeness (QED) is 0.472. The fraction of sp³-hybridized carbons (Fsp3) is 0.346. The zero-order chi connectivity index (χ0) is 26.3. The van der Waals surface area contributed by atoms with Crippen LogP contribution in [0.15, 0.2) is 53.8 Å². The number of halogens is 2. The van der Waals surface area contributed by atoms with Crippen molar-refractivity contribution >= 4 is 39.1 Å². The first kappa shape index (κ1) is 25.6. The SMILES string of the molecule is CN1[C@H](C2CCCCC2)CN(c2cnccn2)c2cc(Cl)c(-c3ccc(F)c(C(=O)O)c3)cc2S1(=O)=O. The lowest BCUT2D eigenvalue weighted by molar-refractivity contribution is 0.0692. The molecule has 3 aromatic rings. The Morgan fingerprint density at radius 1 is 1.14 bits per heavy atom. The lowest BCUT2D eigenvalue weighted by Crippen LogP contribution is -2.46. The number of benzene rings is 2. The van der Waals surface area contributed by atoms with Crippen molar-refractivity contribution in [1.82, 2.24) is 14.3 Å². The van der Waals surface area contributed by atoms with Gasteiger partial charge in [0.1, 0.15) is 10.7 Å². The minimum absolute atomic E-state index is 0.0135. The first-order valence-electron chi connectivity index (χ1n) is 12.1. The van der Waals surface area contributed by atoms with Crippen molar-refractivity contribution in [2.75, 3.05) is 18.5 Å². The monoisotopic (exact) mass is 544 g/mol. The molecule has 0 spiro atoms. The maximum atomic E-state index is 14.1. The highest BCUT2D eigenvalue weighted by Gasteiger charge is 2.41. The van der Waals surface area contributed by atoms with Gasteiger partial charge in [-0.05, 0) is 48.6 Å². The molecule has 5 rings (SSSR count). The summed E-state index contributed by atoms with van der Waals surface area (Å²) in [7, 11) is -2.38. The number of carboxylic acid groups (broad SMARTS) is 1. The van der Waals surface area contributed by atoms with Gasteiger partial charge in [-0.1, -0.05) is 36.9 Å². The van der Waals surface area contributed by atoms with E-state index in [-0.39, 0.29) is 27.4 Å². The molecule has 2 aliphatic rings. The zero-order valence-electron chi connectivity index (χ0n) is 20.1. The van der Waals surface area contributed by atoms with Gasteiger partial charge in [0.25, 0.3) is 0 Å². The van der Waals surface area contributed by atoms with Crippen LogP contribution in [0.5, 0.6) is 0 Å². The second-order valence-electron chi connectivity index (χ2n) is 9.46. The third-order valence-electron chi connectivity index (χ3n) is 7.36. The molecule has 0 saturated heterocycles. The molecule has 37 heavy (non-hydrogen) atoms. The highest BCUT2D eigenvalue weighted by Crippen LogP contribution is 2.44. The lowest BCUT2D eigenvalue weighted by Gasteiger charge is -2.36. The molecule has 0 radical (unpaired) electrons. The van der Waals surface area contributed by atoms with E-state index in [9.17, 15) is 22.7 Å². The molecule has 1 aromatic heterocycles. The van der Waals surface area contributed by atoms with Gasteiger partial charge in [0.15, 0.2) is 5.82 Å². The third kappa shape index (κ3) is 4.69. The summed E-state index contributed by atoms with van der Waals surface area (Å²) in [6.07, 6.45) is 9.82. The van der Waals surface area contributed by atoms with Gasteiger partial charge in [-0.2, -0.15) is 4.31 Å². The predicted molar refractivity (Wildman–Crippen MR) is 138 cm³/mol. The summed E-state index contributed by atoms with van der Waals surface area (Å²) in [6, 6.07) is 6.27. The standard InChI is InChI=1S/C26H26ClFN4O4S/c1-31-23(16-5-3-2-4-6-16)15-32(25-14-29-9-10-30-25)22-13-20(27)18(12-24(22)37(31,35)36)17-7-8-21(28)19(11-17)26(33)34/h7-14,16,23H,2-6,15H2,1H3,(H,33,34)/t23-/m0/s1. The predicted octanol–water partition coefficient (Wildman–Crippen LogP) is 5.36. The fourth-order valence-electron chi connectivity index (χ4n) is 5.38. The molecule has 0 amide bonds. The van der Waals surface area contributed by atoms with Crippen LogP contribution in [0.2, 0.25) is 5.02 Å². The maximum Gasteiger partial charge on any atom is 0.338 e. The van der Waals surface area contributed by atoms with Gasteiger partial charge >= 0.3 is 5.97 Å². The van der Waals surface area contributed by atoms with Crippen LogP contribution < -0.4 is 4.90 Å².